The Morgan fingerprint density at radius 2 is 1.51 bits per heavy atom. The molecule has 0 bridgehead atoms. The van der Waals surface area contributed by atoms with E-state index in [0.717, 1.165) is 51.3 Å². The smallest absolute Gasteiger partial charge is 0.270 e. The zero-order chi connectivity index (χ0) is 31.8. The van der Waals surface area contributed by atoms with Gasteiger partial charge in [0.2, 0.25) is 5.91 Å². The number of nitrogens with zero attached hydrogens (tertiary/aromatic N) is 1. The summed E-state index contributed by atoms with van der Waals surface area (Å²) in [4.78, 5) is 28.8. The Hall–Kier alpha value is -4.36. The molecule has 1 heterocycles. The van der Waals surface area contributed by atoms with Gasteiger partial charge in [-0.1, -0.05) is 98.3 Å². The molecule has 4 aromatic carbocycles. The van der Waals surface area contributed by atoms with Gasteiger partial charge < -0.3 is 10.6 Å². The summed E-state index contributed by atoms with van der Waals surface area (Å²) in [6.45, 7) is 5.31. The number of carbonyl (C=O) groups excluding carboxylic acids is 2. The summed E-state index contributed by atoms with van der Waals surface area (Å²) in [5, 5.41) is 6.13. The molecule has 5 rings (SSSR count). The molecule has 5 nitrogen and oxygen atoms in total. The second kappa shape index (κ2) is 14.6. The van der Waals surface area contributed by atoms with Crippen molar-refractivity contribution in [2.45, 2.75) is 57.4 Å². The number of hydrogen-bond donors (Lipinski definition) is 2. The molecule has 45 heavy (non-hydrogen) atoms. The molecule has 0 spiro atoms. The fourth-order valence-corrected chi connectivity index (χ4v) is 6.05. The fourth-order valence-electron chi connectivity index (χ4n) is 6.05. The van der Waals surface area contributed by atoms with Gasteiger partial charge in [0.05, 0.1) is 0 Å². The van der Waals surface area contributed by atoms with Crippen molar-refractivity contribution in [3.8, 4) is 11.1 Å². The van der Waals surface area contributed by atoms with Crippen LogP contribution < -0.4 is 10.6 Å². The van der Waals surface area contributed by atoms with Crippen LogP contribution >= 0.6 is 0 Å². The minimum Gasteiger partial charge on any atom is -0.354 e. The molecule has 1 unspecified atom stereocenters. The van der Waals surface area contributed by atoms with E-state index in [-0.39, 0.29) is 23.4 Å². The molecule has 0 saturated carbocycles. The van der Waals surface area contributed by atoms with Gasteiger partial charge in [-0.15, -0.1) is 0 Å². The van der Waals surface area contributed by atoms with Crippen molar-refractivity contribution in [2.24, 2.45) is 0 Å². The molecular weight excluding hydrogens is 568 g/mol. The third kappa shape index (κ3) is 8.03. The topological polar surface area (TPSA) is 61.4 Å². The molecule has 7 heteroatoms. The molecule has 2 amide bonds. The normalized spacial score (nSPS) is 14.9. The Morgan fingerprint density at radius 1 is 0.867 bits per heavy atom. The monoisotopic (exact) mass is 609 g/mol. The number of anilines is 1. The standard InChI is InChI=1S/C38H41F2N3O2/c1-3-4-24-41-37(45)35(30-10-6-5-7-11-30)43-25-22-28(23-26-43)27-16-20-32(21-17-27)42-36(44)34-13-9-8-12-33(34)29-14-18-31(19-15-29)38(2,39)40/h5-21,28,35H,3-4,22-26H2,1-2H3,(H,41,45)(H,42,44). The van der Waals surface area contributed by atoms with Crippen molar-refractivity contribution < 1.29 is 18.4 Å². The minimum atomic E-state index is -2.92. The molecule has 1 atom stereocenters. The van der Waals surface area contributed by atoms with E-state index in [2.05, 4.69) is 34.6 Å². The summed E-state index contributed by atoms with van der Waals surface area (Å²) in [6, 6.07) is 30.9. The van der Waals surface area contributed by atoms with Crippen molar-refractivity contribution in [3.63, 3.8) is 0 Å². The number of hydrogen-bond acceptors (Lipinski definition) is 3. The fraction of sp³-hybridized carbons (Fsp3) is 0.316. The Balaban J connectivity index is 1.22. The molecule has 0 radical (unpaired) electrons. The number of carbonyl (C=O) groups is 2. The van der Waals surface area contributed by atoms with Crippen LogP contribution in [0, 0.1) is 0 Å². The van der Waals surface area contributed by atoms with Gasteiger partial charge in [0.25, 0.3) is 11.8 Å². The van der Waals surface area contributed by atoms with Gasteiger partial charge >= 0.3 is 0 Å². The molecule has 2 N–H and O–H groups in total. The van der Waals surface area contributed by atoms with Crippen LogP contribution in [0.5, 0.6) is 0 Å². The largest absolute Gasteiger partial charge is 0.354 e. The van der Waals surface area contributed by atoms with Crippen LogP contribution in [0.2, 0.25) is 0 Å². The first-order chi connectivity index (χ1) is 21.7. The number of likely N-dealkylation sites (tertiary alicyclic amines) is 1. The molecule has 4 aromatic rings. The van der Waals surface area contributed by atoms with Gasteiger partial charge in [0.15, 0.2) is 0 Å². The first-order valence-electron chi connectivity index (χ1n) is 15.8. The van der Waals surface area contributed by atoms with E-state index in [9.17, 15) is 18.4 Å². The highest BCUT2D eigenvalue weighted by molar-refractivity contribution is 6.08. The van der Waals surface area contributed by atoms with Crippen LogP contribution in [-0.4, -0.2) is 36.3 Å². The van der Waals surface area contributed by atoms with Crippen LogP contribution in [0.3, 0.4) is 0 Å². The highest BCUT2D eigenvalue weighted by Crippen LogP contribution is 2.34. The van der Waals surface area contributed by atoms with Gasteiger partial charge in [-0.05, 0) is 78.7 Å². The summed E-state index contributed by atoms with van der Waals surface area (Å²) >= 11 is 0. The Kier molecular flexibility index (Phi) is 10.4. The molecule has 1 fully saturated rings. The first-order valence-corrected chi connectivity index (χ1v) is 15.8. The summed E-state index contributed by atoms with van der Waals surface area (Å²) < 4.78 is 27.4. The number of amides is 2. The van der Waals surface area contributed by atoms with Gasteiger partial charge in [0, 0.05) is 30.3 Å². The summed E-state index contributed by atoms with van der Waals surface area (Å²) in [7, 11) is 0. The molecule has 1 saturated heterocycles. The third-order valence-corrected chi connectivity index (χ3v) is 8.60. The van der Waals surface area contributed by atoms with Crippen LogP contribution in [-0.2, 0) is 10.7 Å². The lowest BCUT2D eigenvalue weighted by molar-refractivity contribution is -0.127. The van der Waals surface area contributed by atoms with Crippen LogP contribution in [0.1, 0.15) is 78.5 Å². The quantitative estimate of drug-likeness (QED) is 0.168. The minimum absolute atomic E-state index is 0.0642. The average molecular weight is 610 g/mol. The Labute approximate surface area is 264 Å². The van der Waals surface area contributed by atoms with Crippen LogP contribution in [0.15, 0.2) is 103 Å². The summed E-state index contributed by atoms with van der Waals surface area (Å²) in [6.07, 6.45) is 3.88. The first kappa shape index (κ1) is 32.0. The van der Waals surface area contributed by atoms with E-state index in [1.807, 2.05) is 54.6 Å². The number of nitrogens with one attached hydrogen (secondary N) is 2. The van der Waals surface area contributed by atoms with Crippen LogP contribution in [0.25, 0.3) is 11.1 Å². The van der Waals surface area contributed by atoms with Gasteiger partial charge in [-0.25, -0.2) is 8.78 Å². The Bertz CT molecular complexity index is 1560. The lowest BCUT2D eigenvalue weighted by Crippen LogP contribution is -2.44. The molecule has 0 aliphatic carbocycles. The Morgan fingerprint density at radius 3 is 2.16 bits per heavy atom. The number of alkyl halides is 2. The van der Waals surface area contributed by atoms with E-state index in [1.165, 1.54) is 17.7 Å². The molecular formula is C38H41F2N3O2. The maximum Gasteiger partial charge on any atom is 0.270 e. The lowest BCUT2D eigenvalue weighted by atomic mass is 9.88. The molecule has 1 aliphatic heterocycles. The van der Waals surface area contributed by atoms with Gasteiger partial charge in [0.1, 0.15) is 6.04 Å². The van der Waals surface area contributed by atoms with Crippen LogP contribution in [0.4, 0.5) is 14.5 Å². The zero-order valence-corrected chi connectivity index (χ0v) is 25.9. The molecule has 0 aromatic heterocycles. The van der Waals surface area contributed by atoms with Crippen molar-refractivity contribution in [2.75, 3.05) is 25.0 Å². The summed E-state index contributed by atoms with van der Waals surface area (Å²) in [5.41, 5.74) is 4.70. The van der Waals surface area contributed by atoms with E-state index in [0.29, 0.717) is 34.8 Å². The predicted octanol–water partition coefficient (Wildman–Crippen LogP) is 8.55. The van der Waals surface area contributed by atoms with Gasteiger partial charge in [-0.3, -0.25) is 14.5 Å². The number of benzene rings is 4. The second-order valence-electron chi connectivity index (χ2n) is 11.9. The predicted molar refractivity (Wildman–Crippen MR) is 176 cm³/mol. The lowest BCUT2D eigenvalue weighted by Gasteiger charge is -2.37. The molecule has 234 valence electrons. The summed E-state index contributed by atoms with van der Waals surface area (Å²) in [5.74, 6) is -2.76. The van der Waals surface area contributed by atoms with E-state index < -0.39 is 5.92 Å². The number of halogens is 2. The zero-order valence-electron chi connectivity index (χ0n) is 25.9. The SMILES string of the molecule is CCCCNC(=O)C(c1ccccc1)N1CCC(c2ccc(NC(=O)c3ccccc3-c3ccc(C(C)(F)F)cc3)cc2)CC1. The second-order valence-corrected chi connectivity index (χ2v) is 11.9. The van der Waals surface area contributed by atoms with Crippen molar-refractivity contribution in [1.82, 2.24) is 10.2 Å². The maximum atomic E-state index is 13.7. The van der Waals surface area contributed by atoms with E-state index >= 15 is 0 Å². The maximum absolute atomic E-state index is 13.7. The number of unbranched alkanes of at least 4 members (excludes halogenated alkanes) is 1. The highest BCUT2D eigenvalue weighted by atomic mass is 19.3. The van der Waals surface area contributed by atoms with E-state index in [1.54, 1.807) is 24.3 Å². The van der Waals surface area contributed by atoms with Crippen molar-refractivity contribution in [1.29, 1.82) is 0 Å². The van der Waals surface area contributed by atoms with Crippen molar-refractivity contribution in [3.05, 3.63) is 125 Å². The number of rotatable bonds is 11. The van der Waals surface area contributed by atoms with E-state index in [4.69, 9.17) is 0 Å². The molecule has 1 aliphatic rings. The number of piperidine rings is 1. The van der Waals surface area contributed by atoms with Gasteiger partial charge in [-0.2, -0.15) is 0 Å². The highest BCUT2D eigenvalue weighted by Gasteiger charge is 2.31. The average Bonchev–Trinajstić information content (AvgIpc) is 3.06. The third-order valence-electron chi connectivity index (χ3n) is 8.60. The van der Waals surface area contributed by atoms with Crippen molar-refractivity contribution >= 4 is 17.5 Å².